The smallest absolute Gasteiger partial charge is 0.0421 e. The van der Waals surface area contributed by atoms with Gasteiger partial charge in [0.05, 0.1) is 0 Å². The third-order valence-corrected chi connectivity index (χ3v) is 5.41. The zero-order chi connectivity index (χ0) is 10.3. The van der Waals surface area contributed by atoms with E-state index in [2.05, 4.69) is 35.8 Å². The van der Waals surface area contributed by atoms with E-state index in [-0.39, 0.29) is 6.04 Å². The Morgan fingerprint density at radius 2 is 2.43 bits per heavy atom. The zero-order valence-corrected chi connectivity index (χ0v) is 11.0. The van der Waals surface area contributed by atoms with Crippen LogP contribution in [0.1, 0.15) is 35.6 Å². The van der Waals surface area contributed by atoms with Crippen molar-refractivity contribution < 1.29 is 0 Å². The van der Waals surface area contributed by atoms with E-state index in [4.69, 9.17) is 5.73 Å². The lowest BCUT2D eigenvalue weighted by atomic mass is 10.1. The molecule has 1 saturated carbocycles. The Bertz CT molecular complexity index is 315. The van der Waals surface area contributed by atoms with Gasteiger partial charge in [0.25, 0.3) is 0 Å². The van der Waals surface area contributed by atoms with Gasteiger partial charge >= 0.3 is 0 Å². The van der Waals surface area contributed by atoms with Gasteiger partial charge in [0.2, 0.25) is 0 Å². The predicted octanol–water partition coefficient (Wildman–Crippen LogP) is 3.86. The summed E-state index contributed by atoms with van der Waals surface area (Å²) in [4.78, 5) is 2.68. The molecule has 1 aliphatic carbocycles. The first kappa shape index (κ1) is 10.7. The SMILES string of the molecule is CCC1CC1C(N)c1cc(Br)c(C)s1. The van der Waals surface area contributed by atoms with E-state index < -0.39 is 0 Å². The van der Waals surface area contributed by atoms with Crippen LogP contribution in [0, 0.1) is 18.8 Å². The Hall–Kier alpha value is 0.140. The van der Waals surface area contributed by atoms with Crippen LogP contribution in [0.15, 0.2) is 10.5 Å². The van der Waals surface area contributed by atoms with E-state index in [0.717, 1.165) is 11.8 Å². The molecule has 0 aliphatic heterocycles. The second kappa shape index (κ2) is 3.95. The summed E-state index contributed by atoms with van der Waals surface area (Å²) in [5.41, 5.74) is 6.24. The normalized spacial score (nSPS) is 27.7. The molecule has 0 amide bonds. The molecule has 0 spiro atoms. The highest BCUT2D eigenvalue weighted by atomic mass is 79.9. The first-order valence-corrected chi connectivity index (χ1v) is 6.75. The van der Waals surface area contributed by atoms with Gasteiger partial charge in [-0.05, 0) is 47.2 Å². The summed E-state index contributed by atoms with van der Waals surface area (Å²) in [6.45, 7) is 4.39. The maximum absolute atomic E-state index is 6.24. The van der Waals surface area contributed by atoms with Gasteiger partial charge in [0.15, 0.2) is 0 Å². The van der Waals surface area contributed by atoms with Crippen LogP contribution in [-0.2, 0) is 0 Å². The van der Waals surface area contributed by atoms with E-state index in [9.17, 15) is 0 Å². The highest BCUT2D eigenvalue weighted by Gasteiger charge is 2.40. The fraction of sp³-hybridized carbons (Fsp3) is 0.636. The molecule has 1 fully saturated rings. The van der Waals surface area contributed by atoms with E-state index in [1.165, 1.54) is 27.1 Å². The Labute approximate surface area is 97.8 Å². The zero-order valence-electron chi connectivity index (χ0n) is 8.59. The van der Waals surface area contributed by atoms with Gasteiger partial charge in [-0.1, -0.05) is 13.3 Å². The van der Waals surface area contributed by atoms with Crippen molar-refractivity contribution in [2.24, 2.45) is 17.6 Å². The van der Waals surface area contributed by atoms with E-state index in [1.54, 1.807) is 0 Å². The van der Waals surface area contributed by atoms with Crippen LogP contribution in [0.4, 0.5) is 0 Å². The van der Waals surface area contributed by atoms with E-state index in [1.807, 2.05) is 11.3 Å². The molecule has 0 radical (unpaired) electrons. The van der Waals surface area contributed by atoms with Gasteiger partial charge in [-0.3, -0.25) is 0 Å². The van der Waals surface area contributed by atoms with Gasteiger partial charge in [-0.2, -0.15) is 0 Å². The van der Waals surface area contributed by atoms with Crippen LogP contribution in [0.3, 0.4) is 0 Å². The summed E-state index contributed by atoms with van der Waals surface area (Å²) in [5.74, 6) is 1.62. The number of aryl methyl sites for hydroxylation is 1. The van der Waals surface area contributed by atoms with Gasteiger partial charge in [0, 0.05) is 20.3 Å². The molecule has 14 heavy (non-hydrogen) atoms. The van der Waals surface area contributed by atoms with Crippen molar-refractivity contribution in [1.82, 2.24) is 0 Å². The molecule has 1 nitrogen and oxygen atoms in total. The Balaban J connectivity index is 2.08. The van der Waals surface area contributed by atoms with Crippen molar-refractivity contribution >= 4 is 27.3 Å². The van der Waals surface area contributed by atoms with Gasteiger partial charge in [-0.15, -0.1) is 11.3 Å². The summed E-state index contributed by atoms with van der Waals surface area (Å²) >= 11 is 5.37. The molecule has 3 unspecified atom stereocenters. The number of rotatable bonds is 3. The minimum Gasteiger partial charge on any atom is -0.323 e. The molecule has 0 saturated heterocycles. The second-order valence-electron chi connectivity index (χ2n) is 4.15. The number of hydrogen-bond acceptors (Lipinski definition) is 2. The first-order valence-electron chi connectivity index (χ1n) is 5.15. The molecule has 1 aliphatic rings. The number of thiophene rings is 1. The molecule has 1 aromatic heterocycles. The molecule has 2 rings (SSSR count). The van der Waals surface area contributed by atoms with Gasteiger partial charge in [-0.25, -0.2) is 0 Å². The number of halogens is 1. The van der Waals surface area contributed by atoms with Crippen molar-refractivity contribution in [2.45, 2.75) is 32.7 Å². The highest BCUT2D eigenvalue weighted by Crippen LogP contribution is 2.49. The average molecular weight is 274 g/mol. The molecule has 1 aromatic rings. The Kier molecular flexibility index (Phi) is 3.01. The molecule has 0 bridgehead atoms. The summed E-state index contributed by atoms with van der Waals surface area (Å²) in [7, 11) is 0. The summed E-state index contributed by atoms with van der Waals surface area (Å²) in [6.07, 6.45) is 2.61. The minimum atomic E-state index is 0.273. The van der Waals surface area contributed by atoms with Crippen molar-refractivity contribution in [3.05, 3.63) is 20.3 Å². The lowest BCUT2D eigenvalue weighted by Gasteiger charge is -2.07. The topological polar surface area (TPSA) is 26.0 Å². The third kappa shape index (κ3) is 1.90. The minimum absolute atomic E-state index is 0.273. The summed E-state index contributed by atoms with van der Waals surface area (Å²) < 4.78 is 1.21. The van der Waals surface area contributed by atoms with Gasteiger partial charge < -0.3 is 5.73 Å². The van der Waals surface area contributed by atoms with Crippen molar-refractivity contribution in [2.75, 3.05) is 0 Å². The maximum atomic E-state index is 6.24. The Morgan fingerprint density at radius 3 is 2.86 bits per heavy atom. The standard InChI is InChI=1S/C11H16BrNS/c1-3-7-4-8(7)11(13)10-5-9(12)6(2)14-10/h5,7-8,11H,3-4,13H2,1-2H3. The highest BCUT2D eigenvalue weighted by molar-refractivity contribution is 9.10. The van der Waals surface area contributed by atoms with Crippen LogP contribution in [0.5, 0.6) is 0 Å². The van der Waals surface area contributed by atoms with Crippen molar-refractivity contribution in [3.8, 4) is 0 Å². The average Bonchev–Trinajstić information content (AvgIpc) is 2.87. The molecule has 2 N–H and O–H groups in total. The van der Waals surface area contributed by atoms with E-state index in [0.29, 0.717) is 0 Å². The fourth-order valence-electron chi connectivity index (χ4n) is 2.04. The quantitative estimate of drug-likeness (QED) is 0.889. The second-order valence-corrected chi connectivity index (χ2v) is 6.29. The summed E-state index contributed by atoms with van der Waals surface area (Å²) in [5, 5.41) is 0. The Morgan fingerprint density at radius 1 is 1.71 bits per heavy atom. The maximum Gasteiger partial charge on any atom is 0.0421 e. The van der Waals surface area contributed by atoms with Crippen molar-refractivity contribution in [3.63, 3.8) is 0 Å². The lowest BCUT2D eigenvalue weighted by Crippen LogP contribution is -2.11. The van der Waals surface area contributed by atoms with Crippen LogP contribution in [0.2, 0.25) is 0 Å². The molecule has 3 heteroatoms. The van der Waals surface area contributed by atoms with Crippen LogP contribution >= 0.6 is 27.3 Å². The molecular formula is C11H16BrNS. The monoisotopic (exact) mass is 273 g/mol. The predicted molar refractivity (Wildman–Crippen MR) is 65.6 cm³/mol. The molecule has 0 aromatic carbocycles. The number of hydrogen-bond donors (Lipinski definition) is 1. The van der Waals surface area contributed by atoms with Gasteiger partial charge in [0.1, 0.15) is 0 Å². The fourth-order valence-corrected chi connectivity index (χ4v) is 3.68. The first-order chi connectivity index (χ1) is 6.63. The third-order valence-electron chi connectivity index (χ3n) is 3.17. The number of nitrogens with two attached hydrogens (primary N) is 1. The largest absolute Gasteiger partial charge is 0.323 e. The van der Waals surface area contributed by atoms with Crippen LogP contribution < -0.4 is 5.73 Å². The van der Waals surface area contributed by atoms with Crippen LogP contribution in [0.25, 0.3) is 0 Å². The van der Waals surface area contributed by atoms with E-state index >= 15 is 0 Å². The molecule has 3 atom stereocenters. The lowest BCUT2D eigenvalue weighted by molar-refractivity contribution is 0.574. The molecule has 1 heterocycles. The van der Waals surface area contributed by atoms with Crippen LogP contribution in [-0.4, -0.2) is 0 Å². The molecular weight excluding hydrogens is 258 g/mol. The van der Waals surface area contributed by atoms with Crippen molar-refractivity contribution in [1.29, 1.82) is 0 Å². The summed E-state index contributed by atoms with van der Waals surface area (Å²) in [6, 6.07) is 2.46. The molecule has 78 valence electrons.